The largest absolute Gasteiger partial charge is 0.366 e. The summed E-state index contributed by atoms with van der Waals surface area (Å²) in [6, 6.07) is 10.1. The number of thioether (sulfide) groups is 1. The van der Waals surface area contributed by atoms with Crippen molar-refractivity contribution >= 4 is 51.9 Å². The minimum absolute atomic E-state index is 0.116. The average Bonchev–Trinajstić information content (AvgIpc) is 3.04. The summed E-state index contributed by atoms with van der Waals surface area (Å²) in [5, 5.41) is 4.10. The Bertz CT molecular complexity index is 1150. The molecule has 2 aliphatic heterocycles. The van der Waals surface area contributed by atoms with Crippen LogP contribution in [0.2, 0.25) is 5.02 Å². The Morgan fingerprint density at radius 3 is 2.72 bits per heavy atom. The summed E-state index contributed by atoms with van der Waals surface area (Å²) in [6.45, 7) is 14.2. The van der Waals surface area contributed by atoms with E-state index >= 15 is 0 Å². The van der Waals surface area contributed by atoms with Gasteiger partial charge in [0.1, 0.15) is 0 Å². The van der Waals surface area contributed by atoms with E-state index in [0.717, 1.165) is 29.8 Å². The third-order valence-electron chi connectivity index (χ3n) is 6.42. The summed E-state index contributed by atoms with van der Waals surface area (Å²) in [6.07, 6.45) is 3.10. The van der Waals surface area contributed by atoms with Gasteiger partial charge in [-0.2, -0.15) is 0 Å². The van der Waals surface area contributed by atoms with Gasteiger partial charge in [0.25, 0.3) is 5.91 Å². The predicted octanol–water partition coefficient (Wildman–Crippen LogP) is 6.96. The molecule has 6 heteroatoms. The van der Waals surface area contributed by atoms with Crippen LogP contribution in [0.1, 0.15) is 62.3 Å². The molecule has 2 aromatic rings. The highest BCUT2D eigenvalue weighted by atomic mass is 35.5. The van der Waals surface area contributed by atoms with Crippen molar-refractivity contribution in [2.24, 2.45) is 4.99 Å². The van der Waals surface area contributed by atoms with E-state index in [-0.39, 0.29) is 11.4 Å². The Kier molecular flexibility index (Phi) is 6.17. The smallest absolute Gasteiger partial charge is 0.264 e. The number of benzene rings is 2. The Labute approximate surface area is 200 Å². The van der Waals surface area contributed by atoms with E-state index in [0.29, 0.717) is 21.0 Å². The van der Waals surface area contributed by atoms with E-state index in [1.807, 2.05) is 31.2 Å². The van der Waals surface area contributed by atoms with Gasteiger partial charge in [-0.3, -0.25) is 4.79 Å². The first-order valence-corrected chi connectivity index (χ1v) is 12.3. The number of halogens is 1. The predicted molar refractivity (Wildman–Crippen MR) is 138 cm³/mol. The van der Waals surface area contributed by atoms with Crippen LogP contribution in [0.15, 0.2) is 40.2 Å². The van der Waals surface area contributed by atoms with Crippen LogP contribution in [0, 0.1) is 13.8 Å². The first-order valence-electron chi connectivity index (χ1n) is 11.1. The molecule has 32 heavy (non-hydrogen) atoms. The van der Waals surface area contributed by atoms with Crippen molar-refractivity contribution in [1.29, 1.82) is 0 Å². The quantitative estimate of drug-likeness (QED) is 0.496. The van der Waals surface area contributed by atoms with E-state index in [1.165, 1.54) is 28.6 Å². The van der Waals surface area contributed by atoms with Crippen molar-refractivity contribution in [2.45, 2.75) is 59.4 Å². The lowest BCUT2D eigenvalue weighted by molar-refractivity contribution is -0.115. The maximum absolute atomic E-state index is 12.7. The number of rotatable bonds is 3. The summed E-state index contributed by atoms with van der Waals surface area (Å²) in [4.78, 5) is 20.4. The average molecular weight is 468 g/mol. The highest BCUT2D eigenvalue weighted by Gasteiger charge is 2.36. The molecule has 1 fully saturated rings. The highest BCUT2D eigenvalue weighted by Crippen LogP contribution is 2.44. The van der Waals surface area contributed by atoms with Crippen LogP contribution in [-0.4, -0.2) is 23.2 Å². The van der Waals surface area contributed by atoms with E-state index in [4.69, 9.17) is 11.6 Å². The van der Waals surface area contributed by atoms with E-state index in [1.54, 1.807) is 0 Å². The number of aliphatic imine (C=N–C) groups is 1. The van der Waals surface area contributed by atoms with Crippen LogP contribution >= 0.6 is 23.4 Å². The maximum Gasteiger partial charge on any atom is 0.264 e. The number of aryl methyl sites for hydroxylation is 2. The summed E-state index contributed by atoms with van der Waals surface area (Å²) in [7, 11) is 0. The first-order chi connectivity index (χ1) is 15.1. The molecular formula is C26H30ClN3OS. The molecule has 2 aliphatic rings. The Morgan fingerprint density at radius 2 is 2.00 bits per heavy atom. The van der Waals surface area contributed by atoms with Gasteiger partial charge in [0, 0.05) is 22.8 Å². The van der Waals surface area contributed by atoms with Crippen LogP contribution in [0.3, 0.4) is 0 Å². The van der Waals surface area contributed by atoms with Gasteiger partial charge in [-0.1, -0.05) is 24.6 Å². The van der Waals surface area contributed by atoms with Gasteiger partial charge in [-0.25, -0.2) is 4.99 Å². The van der Waals surface area contributed by atoms with Crippen LogP contribution in [-0.2, 0) is 4.79 Å². The van der Waals surface area contributed by atoms with Gasteiger partial charge in [-0.15, -0.1) is 0 Å². The van der Waals surface area contributed by atoms with E-state index < -0.39 is 0 Å². The lowest BCUT2D eigenvalue weighted by Gasteiger charge is -2.47. The number of hydrogen-bond acceptors (Lipinski definition) is 4. The molecule has 4 rings (SSSR count). The second kappa shape index (κ2) is 8.60. The molecule has 0 aliphatic carbocycles. The molecule has 0 saturated carbocycles. The summed E-state index contributed by atoms with van der Waals surface area (Å²) >= 11 is 7.49. The van der Waals surface area contributed by atoms with Gasteiger partial charge in [-0.05, 0) is 111 Å². The van der Waals surface area contributed by atoms with Crippen molar-refractivity contribution < 1.29 is 4.79 Å². The second-order valence-electron chi connectivity index (χ2n) is 9.34. The van der Waals surface area contributed by atoms with Crippen LogP contribution in [0.5, 0.6) is 0 Å². The Morgan fingerprint density at radius 1 is 1.25 bits per heavy atom. The fourth-order valence-electron chi connectivity index (χ4n) is 4.84. The van der Waals surface area contributed by atoms with E-state index in [2.05, 4.69) is 62.0 Å². The van der Waals surface area contributed by atoms with Crippen molar-refractivity contribution in [3.05, 3.63) is 62.5 Å². The van der Waals surface area contributed by atoms with Gasteiger partial charge >= 0.3 is 0 Å². The topological polar surface area (TPSA) is 44.7 Å². The normalized spacial score (nSPS) is 22.4. The number of nitrogens with one attached hydrogen (secondary N) is 1. The number of carbonyl (C=O) groups is 1. The molecule has 0 spiro atoms. The molecular weight excluding hydrogens is 438 g/mol. The minimum Gasteiger partial charge on any atom is -0.366 e. The fourth-order valence-corrected chi connectivity index (χ4v) is 5.83. The molecule has 1 saturated heterocycles. The zero-order valence-electron chi connectivity index (χ0n) is 19.5. The molecule has 1 amide bonds. The standard InChI is InChI=1S/C26H30ClN3OS/c1-7-30-22-10-16(3)18(11-20(22)17(4)14-26(30,5)6)12-23-24(31)29-25(32-23)28-21-13-19(27)9-8-15(21)2/h8-13,17H,7,14H2,1-6H3,(H,28,29,31)/b23-12-. The molecule has 0 aromatic heterocycles. The third-order valence-corrected chi connectivity index (χ3v) is 7.57. The highest BCUT2D eigenvalue weighted by molar-refractivity contribution is 8.18. The van der Waals surface area contributed by atoms with Crippen molar-refractivity contribution in [1.82, 2.24) is 5.32 Å². The summed E-state index contributed by atoms with van der Waals surface area (Å²) in [5.74, 6) is 0.350. The summed E-state index contributed by atoms with van der Waals surface area (Å²) < 4.78 is 0. The molecule has 1 N–H and O–H groups in total. The lowest BCUT2D eigenvalue weighted by atomic mass is 9.79. The van der Waals surface area contributed by atoms with Crippen LogP contribution < -0.4 is 10.2 Å². The van der Waals surface area contributed by atoms with Crippen molar-refractivity contribution in [3.63, 3.8) is 0 Å². The monoisotopic (exact) mass is 467 g/mol. The number of nitrogens with zero attached hydrogens (tertiary/aromatic N) is 2. The number of anilines is 1. The molecule has 2 aromatic carbocycles. The molecule has 2 heterocycles. The number of hydrogen-bond donors (Lipinski definition) is 1. The van der Waals surface area contributed by atoms with Crippen molar-refractivity contribution in [3.8, 4) is 0 Å². The lowest BCUT2D eigenvalue weighted by Crippen LogP contribution is -2.48. The third kappa shape index (κ3) is 4.33. The Balaban J connectivity index is 1.67. The fraction of sp³-hybridized carbons (Fsp3) is 0.385. The second-order valence-corrected chi connectivity index (χ2v) is 10.8. The van der Waals surface area contributed by atoms with Gasteiger partial charge in [0.05, 0.1) is 10.6 Å². The minimum atomic E-state index is -0.116. The van der Waals surface area contributed by atoms with Gasteiger partial charge in [0.2, 0.25) is 0 Å². The molecule has 0 bridgehead atoms. The Hall–Kier alpha value is -2.24. The number of fused-ring (bicyclic) bond motifs is 1. The van der Waals surface area contributed by atoms with Crippen LogP contribution in [0.25, 0.3) is 6.08 Å². The maximum atomic E-state index is 12.7. The molecule has 168 valence electrons. The first kappa shape index (κ1) is 22.9. The zero-order chi connectivity index (χ0) is 23.2. The molecule has 1 atom stereocenters. The SMILES string of the molecule is CCN1c2cc(C)c(/C=C3\SC(=Nc4cc(Cl)ccc4C)NC3=O)cc2C(C)CC1(C)C. The summed E-state index contributed by atoms with van der Waals surface area (Å²) in [5.41, 5.74) is 6.85. The van der Waals surface area contributed by atoms with E-state index in [9.17, 15) is 4.79 Å². The number of carbonyl (C=O) groups excluding carboxylic acids is 1. The molecule has 0 radical (unpaired) electrons. The van der Waals surface area contributed by atoms with Gasteiger partial charge < -0.3 is 10.2 Å². The molecule has 1 unspecified atom stereocenters. The van der Waals surface area contributed by atoms with Crippen molar-refractivity contribution in [2.75, 3.05) is 11.4 Å². The number of amidine groups is 1. The molecule has 4 nitrogen and oxygen atoms in total. The van der Waals surface area contributed by atoms with Gasteiger partial charge in [0.15, 0.2) is 5.17 Å². The zero-order valence-corrected chi connectivity index (χ0v) is 21.1. The van der Waals surface area contributed by atoms with Crippen LogP contribution in [0.4, 0.5) is 11.4 Å². The number of amides is 1.